The predicted octanol–water partition coefficient (Wildman–Crippen LogP) is 10.0. The van der Waals surface area contributed by atoms with Crippen LogP contribution in [0.1, 0.15) is 121 Å². The number of nitrogens with zero attached hydrogens (tertiary/aromatic N) is 4. The number of anilines is 1. The molecule has 13 heteroatoms. The third kappa shape index (κ3) is 8.94. The summed E-state index contributed by atoms with van der Waals surface area (Å²) in [5.41, 5.74) is 6.09. The molecule has 5 aliphatic carbocycles. The van der Waals surface area contributed by atoms with Crippen molar-refractivity contribution >= 4 is 38.0 Å². The van der Waals surface area contributed by atoms with Gasteiger partial charge in [-0.05, 0) is 136 Å². The number of H-pyrrole nitrogens is 1. The highest BCUT2D eigenvalue weighted by atomic mass is 32.2. The van der Waals surface area contributed by atoms with Crippen LogP contribution in [-0.2, 0) is 16.3 Å². The lowest BCUT2D eigenvalue weighted by Gasteiger charge is -2.73. The van der Waals surface area contributed by atoms with E-state index in [-0.39, 0.29) is 21.9 Å². The van der Waals surface area contributed by atoms with Crippen molar-refractivity contribution in [2.24, 2.45) is 22.2 Å². The number of sulfone groups is 1. The fraction of sp³-hybridized carbons (Fsp3) is 0.560. The normalized spacial score (nSPS) is 27.2. The second kappa shape index (κ2) is 16.4. The van der Waals surface area contributed by atoms with E-state index < -0.39 is 31.9 Å². The van der Waals surface area contributed by atoms with Crippen LogP contribution in [0.5, 0.6) is 11.5 Å². The average Bonchev–Trinajstić information content (AvgIpc) is 3.69. The first-order valence-electron chi connectivity index (χ1n) is 23.1. The number of nitro groups is 1. The van der Waals surface area contributed by atoms with E-state index in [4.69, 9.17) is 4.74 Å². The number of fused-ring (bicyclic) bond motifs is 1. The highest BCUT2D eigenvalue weighted by Crippen LogP contribution is 2.79. The lowest BCUT2D eigenvalue weighted by molar-refractivity contribution is -0.385. The number of Topliss-reactive ketones (excluding diaryl/α,β-unsaturated/α-hetero) is 1. The van der Waals surface area contributed by atoms with Crippen molar-refractivity contribution in [1.29, 1.82) is 0 Å². The van der Waals surface area contributed by atoms with Crippen LogP contribution in [0.2, 0.25) is 0 Å². The summed E-state index contributed by atoms with van der Waals surface area (Å²) in [5.74, 6) is -0.602. The number of carbonyl (C=O) groups is 1. The van der Waals surface area contributed by atoms with E-state index in [1.165, 1.54) is 57.1 Å². The number of aromatic nitrogens is 2. The van der Waals surface area contributed by atoms with Crippen molar-refractivity contribution < 1.29 is 28.0 Å². The Bertz CT molecular complexity index is 2540. The summed E-state index contributed by atoms with van der Waals surface area (Å²) in [5, 5.41) is 23.4. The summed E-state index contributed by atoms with van der Waals surface area (Å²) in [6, 6.07) is 13.0. The second-order valence-electron chi connectivity index (χ2n) is 20.9. The molecular formula is C50H63N5O7S. The maximum Gasteiger partial charge on any atom is 0.273 e. The summed E-state index contributed by atoms with van der Waals surface area (Å²) in [4.78, 5) is 37.9. The summed E-state index contributed by atoms with van der Waals surface area (Å²) < 4.78 is 34.1. The largest absolute Gasteiger partial charge is 0.455 e. The number of aromatic amines is 1. The molecule has 0 spiro atoms. The first kappa shape index (κ1) is 43.7. The number of aliphatic hydroxyl groups is 1. The number of ketones is 1. The van der Waals surface area contributed by atoms with Crippen LogP contribution < -0.4 is 9.64 Å². The third-order valence-electron chi connectivity index (χ3n) is 15.7. The minimum Gasteiger partial charge on any atom is -0.455 e. The number of nitro benzene ring substituents is 1. The van der Waals surface area contributed by atoms with E-state index in [1.807, 2.05) is 31.2 Å². The van der Waals surface area contributed by atoms with Gasteiger partial charge in [-0.2, -0.15) is 0 Å². The molecule has 4 aromatic rings. The fourth-order valence-electron chi connectivity index (χ4n) is 11.7. The fourth-order valence-corrected chi connectivity index (χ4v) is 13.0. The average molecular weight is 878 g/mol. The highest BCUT2D eigenvalue weighted by molar-refractivity contribution is 7.92. The number of aryl methyl sites for hydroxylation is 1. The summed E-state index contributed by atoms with van der Waals surface area (Å²) >= 11 is 0. The first-order valence-corrected chi connectivity index (χ1v) is 24.8. The van der Waals surface area contributed by atoms with Crippen LogP contribution in [0.15, 0.2) is 77.0 Å². The van der Waals surface area contributed by atoms with Crippen molar-refractivity contribution in [1.82, 2.24) is 14.9 Å². The number of pyridine rings is 1. The maximum atomic E-state index is 14.1. The number of ether oxygens (including phenoxy) is 1. The molecule has 2 N–H and O–H groups in total. The molecule has 6 aliphatic rings. The molecule has 10 rings (SSSR count). The van der Waals surface area contributed by atoms with E-state index in [1.54, 1.807) is 29.6 Å². The monoisotopic (exact) mass is 877 g/mol. The van der Waals surface area contributed by atoms with Gasteiger partial charge in [-0.25, -0.2) is 13.4 Å². The molecule has 3 heterocycles. The molecule has 2 bridgehead atoms. The third-order valence-corrected chi connectivity index (χ3v) is 17.3. The molecule has 0 radical (unpaired) electrons. The van der Waals surface area contributed by atoms with Crippen LogP contribution in [-0.4, -0.2) is 83.2 Å². The zero-order valence-electron chi connectivity index (χ0n) is 37.4. The topological polar surface area (TPSA) is 159 Å². The molecule has 63 heavy (non-hydrogen) atoms. The molecule has 0 amide bonds. The Hall–Kier alpha value is -4.59. The van der Waals surface area contributed by atoms with Crippen molar-refractivity contribution in [3.8, 4) is 11.5 Å². The lowest BCUT2D eigenvalue weighted by atomic mass is 9.31. The zero-order valence-corrected chi connectivity index (χ0v) is 38.2. The molecule has 12 nitrogen and oxygen atoms in total. The number of nitrogens with one attached hydrogen (secondary N) is 1. The van der Waals surface area contributed by atoms with Crippen LogP contribution >= 0.6 is 0 Å². The van der Waals surface area contributed by atoms with Crippen LogP contribution in [0.25, 0.3) is 11.0 Å². The van der Waals surface area contributed by atoms with Gasteiger partial charge in [-0.3, -0.25) is 19.8 Å². The van der Waals surface area contributed by atoms with Crippen LogP contribution in [0.3, 0.4) is 0 Å². The van der Waals surface area contributed by atoms with Gasteiger partial charge in [0.15, 0.2) is 15.6 Å². The lowest BCUT2D eigenvalue weighted by Crippen LogP contribution is -2.63. The van der Waals surface area contributed by atoms with Gasteiger partial charge in [0.2, 0.25) is 0 Å². The Morgan fingerprint density at radius 3 is 2.46 bits per heavy atom. The summed E-state index contributed by atoms with van der Waals surface area (Å²) in [6.07, 6.45) is 16.6. The molecule has 1 aliphatic heterocycles. The van der Waals surface area contributed by atoms with E-state index in [2.05, 4.69) is 40.5 Å². The van der Waals surface area contributed by atoms with E-state index in [0.29, 0.717) is 64.8 Å². The van der Waals surface area contributed by atoms with Gasteiger partial charge in [-0.1, -0.05) is 44.4 Å². The zero-order chi connectivity index (χ0) is 44.4. The minimum absolute atomic E-state index is 0.103. The van der Waals surface area contributed by atoms with Crippen molar-refractivity contribution in [2.75, 3.05) is 43.4 Å². The number of hydrogen-bond acceptors (Lipinski definition) is 10. The maximum absolute atomic E-state index is 14.1. The van der Waals surface area contributed by atoms with Gasteiger partial charge in [0.05, 0.1) is 27.2 Å². The van der Waals surface area contributed by atoms with Crippen LogP contribution in [0, 0.1) is 32.3 Å². The van der Waals surface area contributed by atoms with E-state index in [0.717, 1.165) is 62.7 Å². The van der Waals surface area contributed by atoms with Gasteiger partial charge in [0.25, 0.3) is 5.69 Å². The molecule has 336 valence electrons. The molecule has 4 saturated carbocycles. The summed E-state index contributed by atoms with van der Waals surface area (Å²) in [6.45, 7) is 13.5. The molecule has 5 fully saturated rings. The molecule has 2 aromatic heterocycles. The minimum atomic E-state index is -4.28. The van der Waals surface area contributed by atoms with Gasteiger partial charge >= 0.3 is 0 Å². The molecule has 1 saturated heterocycles. The SMILES string of the molecule is CCC12CC(C3=C(CN4CCN(c5ccc(C(=O)CS(=O)(=O)c6ccc(CCC7CCC(C)(O)CC7)c([N+](=O)[O-])c6)c(Oc6cnc7[nH]ccc7c6)c5)CC4)CCC(C)(C)C3)(C1)C2. The molecule has 0 unspecified atom stereocenters. The Morgan fingerprint density at radius 2 is 1.75 bits per heavy atom. The van der Waals surface area contributed by atoms with Crippen molar-refractivity contribution in [3.63, 3.8) is 0 Å². The number of benzene rings is 2. The van der Waals surface area contributed by atoms with Crippen LogP contribution in [0.4, 0.5) is 11.4 Å². The highest BCUT2D eigenvalue weighted by Gasteiger charge is 2.68. The van der Waals surface area contributed by atoms with Crippen molar-refractivity contribution in [3.05, 3.63) is 93.3 Å². The number of carbonyl (C=O) groups excluding carboxylic acids is 1. The summed E-state index contributed by atoms with van der Waals surface area (Å²) in [7, 11) is -4.28. The van der Waals surface area contributed by atoms with E-state index >= 15 is 0 Å². The van der Waals surface area contributed by atoms with Gasteiger partial charge in [0, 0.05) is 67.7 Å². The Labute approximate surface area is 371 Å². The smallest absolute Gasteiger partial charge is 0.273 e. The Balaban J connectivity index is 0.910. The number of piperazine rings is 1. The molecule has 0 atom stereocenters. The van der Waals surface area contributed by atoms with Gasteiger partial charge in [-0.15, -0.1) is 0 Å². The first-order chi connectivity index (χ1) is 29.9. The van der Waals surface area contributed by atoms with E-state index in [9.17, 15) is 28.4 Å². The Kier molecular flexibility index (Phi) is 11.4. The van der Waals surface area contributed by atoms with Crippen molar-refractivity contribution in [2.45, 2.75) is 122 Å². The second-order valence-corrected chi connectivity index (χ2v) is 22.9. The number of rotatable bonds is 15. The van der Waals surface area contributed by atoms with Gasteiger partial charge < -0.3 is 19.7 Å². The number of hydrogen-bond donors (Lipinski definition) is 2. The Morgan fingerprint density at radius 1 is 1.00 bits per heavy atom. The standard InChI is InChI=1S/C50H63N5O7S/c1-5-49-31-50(32-49,33-49)42-27-47(2,3)16-14-37(42)29-53-20-22-54(23-21-53)38-9-11-41(45(25-38)62-39-24-36-15-19-51-46(36)52-28-39)44(56)30-63(60,61)40-10-8-35(43(26-40)55(58)59)7-6-34-12-17-48(4,57)18-13-34/h8-11,15,19,24-26,28,34,57H,5-7,12-14,16-18,20-23,27,29-33H2,1-4H3,(H,51,52). The predicted molar refractivity (Wildman–Crippen MR) is 245 cm³/mol. The van der Waals surface area contributed by atoms with Gasteiger partial charge in [0.1, 0.15) is 22.9 Å². The molecule has 2 aromatic carbocycles. The number of allylic oxidation sites excluding steroid dienone is 1. The quantitative estimate of drug-likeness (QED) is 0.0510. The molecular weight excluding hydrogens is 815 g/mol.